The summed E-state index contributed by atoms with van der Waals surface area (Å²) in [5, 5.41) is 13.7. The molecule has 0 bridgehead atoms. The number of nitrogens with two attached hydrogens (primary N) is 3. The molecular weight excluding hydrogens is 504 g/mol. The molecule has 1 fully saturated rings. The Hall–Kier alpha value is -4.13. The van der Waals surface area contributed by atoms with E-state index in [1.165, 1.54) is 16.7 Å². The molecule has 0 radical (unpaired) electrons. The Labute approximate surface area is 225 Å². The number of guanidine groups is 1. The second-order valence-corrected chi connectivity index (χ2v) is 10.1. The number of fused-ring (bicyclic) bond motifs is 3. The zero-order valence-electron chi connectivity index (χ0n) is 21.9. The fourth-order valence-electron chi connectivity index (χ4n) is 5.40. The average molecular weight is 541 g/mol. The molecule has 210 valence electrons. The van der Waals surface area contributed by atoms with Crippen LogP contribution in [0.5, 0.6) is 0 Å². The van der Waals surface area contributed by atoms with E-state index in [9.17, 15) is 24.3 Å². The minimum atomic E-state index is -1.10. The number of rotatable bonds is 9. The molecule has 2 aromatic rings. The Morgan fingerprint density at radius 2 is 1.92 bits per heavy atom. The highest BCUT2D eigenvalue weighted by molar-refractivity contribution is 5.95. The number of aromatic amines is 1. The van der Waals surface area contributed by atoms with Gasteiger partial charge in [0, 0.05) is 36.1 Å². The van der Waals surface area contributed by atoms with Gasteiger partial charge in [-0.15, -0.1) is 0 Å². The number of carbonyl (C=O) groups is 4. The van der Waals surface area contributed by atoms with Gasteiger partial charge in [0.25, 0.3) is 0 Å². The van der Waals surface area contributed by atoms with Gasteiger partial charge in [-0.05, 0) is 44.2 Å². The number of carboxylic acid groups (broad SMARTS) is 1. The molecule has 9 N–H and O–H groups in total. The summed E-state index contributed by atoms with van der Waals surface area (Å²) in [4.78, 5) is 62.2. The average Bonchev–Trinajstić information content (AvgIpc) is 3.53. The van der Waals surface area contributed by atoms with E-state index in [-0.39, 0.29) is 31.9 Å². The van der Waals surface area contributed by atoms with Crippen molar-refractivity contribution in [1.82, 2.24) is 20.1 Å². The molecular formula is C26H36N8O5. The first-order valence-electron chi connectivity index (χ1n) is 13.1. The summed E-state index contributed by atoms with van der Waals surface area (Å²) in [7, 11) is 0. The molecule has 1 aromatic carbocycles. The Morgan fingerprint density at radius 1 is 1.18 bits per heavy atom. The predicted molar refractivity (Wildman–Crippen MR) is 144 cm³/mol. The fraction of sp³-hybridized carbons (Fsp3) is 0.500. The molecule has 13 heteroatoms. The molecule has 13 nitrogen and oxygen atoms in total. The molecule has 39 heavy (non-hydrogen) atoms. The van der Waals surface area contributed by atoms with E-state index in [0.29, 0.717) is 25.8 Å². The number of carbonyl (C=O) groups excluding carboxylic acids is 3. The third kappa shape index (κ3) is 5.98. The van der Waals surface area contributed by atoms with E-state index < -0.39 is 47.9 Å². The number of hydrogen-bond donors (Lipinski definition) is 6. The molecule has 4 rings (SSSR count). The van der Waals surface area contributed by atoms with Crippen LogP contribution >= 0.6 is 0 Å². The van der Waals surface area contributed by atoms with Crippen molar-refractivity contribution in [3.8, 4) is 0 Å². The number of aliphatic imine (C=N–C) groups is 1. The quantitative estimate of drug-likeness (QED) is 0.137. The van der Waals surface area contributed by atoms with Crippen molar-refractivity contribution in [3.05, 3.63) is 35.5 Å². The minimum absolute atomic E-state index is 0.0738. The number of amides is 3. The molecule has 4 atom stereocenters. The van der Waals surface area contributed by atoms with Gasteiger partial charge in [0.15, 0.2) is 5.96 Å². The van der Waals surface area contributed by atoms with Crippen molar-refractivity contribution < 1.29 is 24.3 Å². The summed E-state index contributed by atoms with van der Waals surface area (Å²) in [6.07, 6.45) is 1.79. The lowest BCUT2D eigenvalue weighted by atomic mass is 9.95. The summed E-state index contributed by atoms with van der Waals surface area (Å²) in [5.41, 5.74) is 19.0. The zero-order valence-corrected chi connectivity index (χ0v) is 21.9. The molecule has 0 spiro atoms. The molecule has 0 aliphatic carbocycles. The van der Waals surface area contributed by atoms with Crippen LogP contribution in [0.4, 0.5) is 0 Å². The molecule has 2 aliphatic rings. The number of aliphatic carboxylic acids is 1. The van der Waals surface area contributed by atoms with Crippen LogP contribution < -0.4 is 22.5 Å². The second-order valence-electron chi connectivity index (χ2n) is 10.1. The van der Waals surface area contributed by atoms with E-state index in [1.807, 2.05) is 24.3 Å². The predicted octanol–water partition coefficient (Wildman–Crippen LogP) is -0.618. The number of hydrogen-bond acceptors (Lipinski definition) is 6. The van der Waals surface area contributed by atoms with Crippen molar-refractivity contribution in [2.75, 3.05) is 13.1 Å². The Morgan fingerprint density at radius 3 is 2.62 bits per heavy atom. The van der Waals surface area contributed by atoms with E-state index in [2.05, 4.69) is 15.3 Å². The van der Waals surface area contributed by atoms with Gasteiger partial charge in [-0.25, -0.2) is 4.79 Å². The van der Waals surface area contributed by atoms with E-state index in [0.717, 1.165) is 22.2 Å². The Bertz CT molecular complexity index is 1280. The van der Waals surface area contributed by atoms with Crippen LogP contribution in [0.25, 0.3) is 10.9 Å². The number of likely N-dealkylation sites (tertiary alicyclic amines) is 1. The summed E-state index contributed by atoms with van der Waals surface area (Å²) in [5.74, 6) is -2.51. The van der Waals surface area contributed by atoms with Crippen molar-refractivity contribution in [2.45, 2.75) is 69.7 Å². The van der Waals surface area contributed by atoms with Crippen LogP contribution in [0.3, 0.4) is 0 Å². The maximum absolute atomic E-state index is 13.8. The molecule has 1 aromatic heterocycles. The first-order chi connectivity index (χ1) is 18.6. The van der Waals surface area contributed by atoms with Gasteiger partial charge >= 0.3 is 5.97 Å². The maximum Gasteiger partial charge on any atom is 0.326 e. The second kappa shape index (κ2) is 11.7. The highest BCUT2D eigenvalue weighted by Gasteiger charge is 2.44. The zero-order chi connectivity index (χ0) is 28.3. The number of nitrogens with zero attached hydrogens (tertiary/aromatic N) is 3. The SMILES string of the molecule is C[C@H](N)C(=O)N[C@@H](CCCN=C(N)N)C(=O)N1CCC[C@H]1C(=O)N1Cc2[nH]c3ccccc3c2CC1C(=O)O. The number of nitrogens with one attached hydrogen (secondary N) is 2. The minimum Gasteiger partial charge on any atom is -0.480 e. The highest BCUT2D eigenvalue weighted by atomic mass is 16.4. The van der Waals surface area contributed by atoms with Gasteiger partial charge < -0.3 is 42.4 Å². The molecule has 3 amide bonds. The third-order valence-corrected chi connectivity index (χ3v) is 7.37. The standard InChI is InChI=1S/C26H36N8O5/c1-14(27)22(35)32-18(8-4-10-30-26(28)29)23(36)33-11-5-9-20(33)24(37)34-13-19-16(12-21(34)25(38)39)15-6-2-3-7-17(15)31-19/h2-3,6-7,14,18,20-21,31H,4-5,8-13,27H2,1H3,(H,32,35)(H,38,39)(H4,28,29,30)/t14-,18-,20-,21?/m0/s1. The van der Waals surface area contributed by atoms with Crippen molar-refractivity contribution in [1.29, 1.82) is 0 Å². The third-order valence-electron chi connectivity index (χ3n) is 7.37. The Kier molecular flexibility index (Phi) is 8.38. The van der Waals surface area contributed by atoms with Crippen molar-refractivity contribution in [3.63, 3.8) is 0 Å². The van der Waals surface area contributed by atoms with Crippen molar-refractivity contribution >= 4 is 40.6 Å². The van der Waals surface area contributed by atoms with Gasteiger partial charge in [-0.3, -0.25) is 19.4 Å². The van der Waals surface area contributed by atoms with Gasteiger partial charge in [0.2, 0.25) is 17.7 Å². The summed E-state index contributed by atoms with van der Waals surface area (Å²) >= 11 is 0. The van der Waals surface area contributed by atoms with Gasteiger partial charge in [0.1, 0.15) is 18.1 Å². The van der Waals surface area contributed by atoms with Crippen LogP contribution in [0.2, 0.25) is 0 Å². The van der Waals surface area contributed by atoms with Gasteiger partial charge in [-0.2, -0.15) is 0 Å². The van der Waals surface area contributed by atoms with E-state index >= 15 is 0 Å². The Balaban J connectivity index is 1.55. The van der Waals surface area contributed by atoms with Crippen LogP contribution in [-0.4, -0.2) is 86.8 Å². The number of aromatic nitrogens is 1. The number of carboxylic acids is 1. The van der Waals surface area contributed by atoms with E-state index in [4.69, 9.17) is 17.2 Å². The van der Waals surface area contributed by atoms with Crippen LogP contribution in [0.1, 0.15) is 43.9 Å². The lowest BCUT2D eigenvalue weighted by molar-refractivity contribution is -0.155. The lowest BCUT2D eigenvalue weighted by Crippen LogP contribution is -2.58. The summed E-state index contributed by atoms with van der Waals surface area (Å²) in [6.45, 7) is 2.20. The monoisotopic (exact) mass is 540 g/mol. The molecule has 0 saturated carbocycles. The van der Waals surface area contributed by atoms with E-state index in [1.54, 1.807) is 0 Å². The van der Waals surface area contributed by atoms with Crippen LogP contribution in [0, 0.1) is 0 Å². The first kappa shape index (κ1) is 27.9. The van der Waals surface area contributed by atoms with Gasteiger partial charge in [-0.1, -0.05) is 18.2 Å². The highest BCUT2D eigenvalue weighted by Crippen LogP contribution is 2.32. The van der Waals surface area contributed by atoms with Crippen molar-refractivity contribution in [2.24, 2.45) is 22.2 Å². The molecule has 2 aliphatic heterocycles. The molecule has 1 unspecified atom stereocenters. The topological polar surface area (TPSA) is 213 Å². The molecule has 3 heterocycles. The fourth-order valence-corrected chi connectivity index (χ4v) is 5.40. The smallest absolute Gasteiger partial charge is 0.326 e. The largest absolute Gasteiger partial charge is 0.480 e. The number of benzene rings is 1. The number of para-hydroxylation sites is 1. The van der Waals surface area contributed by atoms with Crippen LogP contribution in [-0.2, 0) is 32.1 Å². The summed E-state index contributed by atoms with van der Waals surface area (Å²) < 4.78 is 0. The maximum atomic E-state index is 13.8. The molecule has 1 saturated heterocycles. The van der Waals surface area contributed by atoms with Gasteiger partial charge in [0.05, 0.1) is 12.6 Å². The summed E-state index contributed by atoms with van der Waals surface area (Å²) in [6, 6.07) is 3.98. The number of H-pyrrole nitrogens is 1. The lowest BCUT2D eigenvalue weighted by Gasteiger charge is -2.37. The first-order valence-corrected chi connectivity index (χ1v) is 13.1. The van der Waals surface area contributed by atoms with Crippen LogP contribution in [0.15, 0.2) is 29.3 Å². The normalized spacial score (nSPS) is 20.3.